The molecule has 0 bridgehead atoms. The molecule has 32 heavy (non-hydrogen) atoms. The van der Waals surface area contributed by atoms with E-state index in [9.17, 15) is 9.18 Å². The molecule has 0 unspecified atom stereocenters. The number of carbonyl (C=O) groups is 1. The van der Waals surface area contributed by atoms with E-state index < -0.39 is 23.0 Å². The van der Waals surface area contributed by atoms with Crippen molar-refractivity contribution in [2.24, 2.45) is 0 Å². The van der Waals surface area contributed by atoms with E-state index in [-0.39, 0.29) is 44.0 Å². The molecule has 2 aromatic carbocycles. The summed E-state index contributed by atoms with van der Waals surface area (Å²) in [5, 5.41) is 0. The number of carbonyl (C=O) groups excluding carboxylic acids is 1. The van der Waals surface area contributed by atoms with Crippen LogP contribution in [0.1, 0.15) is 29.8 Å². The fraction of sp³-hybridized carbons (Fsp3) is 0.333. The Morgan fingerprint density at radius 2 is 1.91 bits per heavy atom. The second-order valence-corrected chi connectivity index (χ2v) is 7.75. The number of aryl methyl sites for hydroxylation is 1. The first-order chi connectivity index (χ1) is 15.4. The van der Waals surface area contributed by atoms with Crippen molar-refractivity contribution in [1.82, 2.24) is 9.55 Å². The molecule has 1 fully saturated rings. The second-order valence-electron chi connectivity index (χ2n) is 7.75. The van der Waals surface area contributed by atoms with Crippen LogP contribution in [0.5, 0.6) is 5.75 Å². The van der Waals surface area contributed by atoms with Crippen molar-refractivity contribution in [2.45, 2.75) is 31.8 Å². The highest BCUT2D eigenvalue weighted by Crippen LogP contribution is 2.40. The van der Waals surface area contributed by atoms with Gasteiger partial charge < -0.3 is 18.8 Å². The lowest BCUT2D eigenvalue weighted by Gasteiger charge is -2.35. The summed E-state index contributed by atoms with van der Waals surface area (Å²) in [6, 6.07) is 9.53. The number of methoxy groups -OCH3 is 1. The maximum Gasteiger partial charge on any atom is 0.316 e. The minimum atomic E-state index is -1.30. The summed E-state index contributed by atoms with van der Waals surface area (Å²) in [5.41, 5.74) is 0.350. The summed E-state index contributed by atoms with van der Waals surface area (Å²) in [5.74, 6) is -1.44. The third-order valence-corrected chi connectivity index (χ3v) is 5.88. The normalized spacial score (nSPS) is 15.4. The van der Waals surface area contributed by atoms with Crippen LogP contribution in [0.4, 0.5) is 8.78 Å². The molecule has 8 heteroatoms. The Morgan fingerprint density at radius 1 is 1.19 bits per heavy atom. The smallest absolute Gasteiger partial charge is 0.316 e. The Labute approximate surface area is 184 Å². The van der Waals surface area contributed by atoms with E-state index in [1.165, 1.54) is 7.11 Å². The minimum Gasteiger partial charge on any atom is -0.486 e. The van der Waals surface area contributed by atoms with Gasteiger partial charge in [-0.3, -0.25) is 4.79 Å². The van der Waals surface area contributed by atoms with E-state index in [1.807, 2.05) is 42.0 Å². The van der Waals surface area contributed by atoms with Crippen LogP contribution in [-0.2, 0) is 26.3 Å². The molecule has 1 aliphatic rings. The molecule has 0 spiro atoms. The van der Waals surface area contributed by atoms with Crippen LogP contribution >= 0.6 is 0 Å². The van der Waals surface area contributed by atoms with Crippen molar-refractivity contribution < 1.29 is 27.8 Å². The molecule has 168 valence electrons. The summed E-state index contributed by atoms with van der Waals surface area (Å²) in [6.45, 7) is 2.45. The number of halogens is 2. The van der Waals surface area contributed by atoms with Crippen LogP contribution < -0.4 is 4.74 Å². The van der Waals surface area contributed by atoms with E-state index in [0.29, 0.717) is 0 Å². The molecule has 0 N–H and O–H groups in total. The fourth-order valence-electron chi connectivity index (χ4n) is 4.08. The first kappa shape index (κ1) is 22.0. The molecule has 0 aliphatic carbocycles. The van der Waals surface area contributed by atoms with Gasteiger partial charge in [-0.05, 0) is 43.5 Å². The van der Waals surface area contributed by atoms with Crippen molar-refractivity contribution in [3.63, 3.8) is 0 Å². The molecule has 2 heterocycles. The first-order valence-corrected chi connectivity index (χ1v) is 10.3. The van der Waals surface area contributed by atoms with E-state index in [1.54, 1.807) is 6.20 Å². The standard InChI is InChI=1S/C24H24F2N2O4/c1-16-27-9-10-28(16)19-5-3-17(4-6-19)15-32-21-14-18(25)13-20(22(21)26)24(23(29)30-2)7-11-31-12-8-24/h3-6,9-10,13-14H,7-8,11-12,15H2,1-2H3. The average molecular weight is 442 g/mol. The van der Waals surface area contributed by atoms with Crippen molar-refractivity contribution in [2.75, 3.05) is 20.3 Å². The van der Waals surface area contributed by atoms with Gasteiger partial charge in [0.15, 0.2) is 11.6 Å². The van der Waals surface area contributed by atoms with E-state index in [0.717, 1.165) is 29.2 Å². The molecule has 6 nitrogen and oxygen atoms in total. The maximum atomic E-state index is 15.4. The van der Waals surface area contributed by atoms with Gasteiger partial charge in [-0.1, -0.05) is 12.1 Å². The molecule has 1 aliphatic heterocycles. The van der Waals surface area contributed by atoms with Gasteiger partial charge in [0.1, 0.15) is 23.7 Å². The third-order valence-electron chi connectivity index (χ3n) is 5.88. The summed E-state index contributed by atoms with van der Waals surface area (Å²) in [6.07, 6.45) is 3.98. The van der Waals surface area contributed by atoms with Crippen LogP contribution in [0, 0.1) is 18.6 Å². The Morgan fingerprint density at radius 3 is 2.53 bits per heavy atom. The number of hydrogen-bond donors (Lipinski definition) is 0. The van der Waals surface area contributed by atoms with Gasteiger partial charge in [-0.15, -0.1) is 0 Å². The fourth-order valence-corrected chi connectivity index (χ4v) is 4.08. The van der Waals surface area contributed by atoms with E-state index >= 15 is 4.39 Å². The Kier molecular flexibility index (Phi) is 6.23. The second kappa shape index (κ2) is 9.08. The van der Waals surface area contributed by atoms with Crippen molar-refractivity contribution in [3.05, 3.63) is 77.4 Å². The van der Waals surface area contributed by atoms with Crippen LogP contribution in [0.25, 0.3) is 5.69 Å². The third kappa shape index (κ3) is 4.10. The zero-order chi connectivity index (χ0) is 22.7. The monoisotopic (exact) mass is 442 g/mol. The van der Waals surface area contributed by atoms with Gasteiger partial charge in [0.05, 0.1) is 7.11 Å². The molecular formula is C24H24F2N2O4. The SMILES string of the molecule is COC(=O)C1(c2cc(F)cc(OCc3ccc(-n4ccnc4C)cc3)c2F)CCOCC1. The average Bonchev–Trinajstić information content (AvgIpc) is 3.25. The summed E-state index contributed by atoms with van der Waals surface area (Å²) in [7, 11) is 1.24. The van der Waals surface area contributed by atoms with E-state index in [4.69, 9.17) is 14.2 Å². The number of hydrogen-bond acceptors (Lipinski definition) is 5. The Hall–Kier alpha value is -3.26. The van der Waals surface area contributed by atoms with Crippen molar-refractivity contribution >= 4 is 5.97 Å². The van der Waals surface area contributed by atoms with Crippen LogP contribution in [0.2, 0.25) is 0 Å². The lowest BCUT2D eigenvalue weighted by molar-refractivity contribution is -0.151. The number of rotatable bonds is 6. The lowest BCUT2D eigenvalue weighted by atomic mass is 9.73. The number of ether oxygens (including phenoxy) is 3. The summed E-state index contributed by atoms with van der Waals surface area (Å²) >= 11 is 0. The summed E-state index contributed by atoms with van der Waals surface area (Å²) < 4.78 is 47.7. The van der Waals surface area contributed by atoms with E-state index in [2.05, 4.69) is 4.98 Å². The van der Waals surface area contributed by atoms with Crippen LogP contribution in [0.3, 0.4) is 0 Å². The molecule has 3 aromatic rings. The largest absolute Gasteiger partial charge is 0.486 e. The highest BCUT2D eigenvalue weighted by atomic mass is 19.1. The van der Waals surface area contributed by atoms with Crippen LogP contribution in [0.15, 0.2) is 48.8 Å². The molecule has 1 aromatic heterocycles. The van der Waals surface area contributed by atoms with Gasteiger partial charge in [0.25, 0.3) is 0 Å². The van der Waals surface area contributed by atoms with Gasteiger partial charge in [0.2, 0.25) is 0 Å². The quantitative estimate of drug-likeness (QED) is 0.534. The van der Waals surface area contributed by atoms with Gasteiger partial charge in [0, 0.05) is 42.9 Å². The Balaban J connectivity index is 1.58. The number of aromatic nitrogens is 2. The zero-order valence-electron chi connectivity index (χ0n) is 17.9. The predicted octanol–water partition coefficient (Wildman–Crippen LogP) is 4.26. The molecule has 4 rings (SSSR count). The topological polar surface area (TPSA) is 62.6 Å². The lowest BCUT2D eigenvalue weighted by Crippen LogP contribution is -2.43. The zero-order valence-corrected chi connectivity index (χ0v) is 17.9. The molecule has 0 atom stereocenters. The Bertz CT molecular complexity index is 1110. The highest BCUT2D eigenvalue weighted by Gasteiger charge is 2.45. The molecule has 0 amide bonds. The van der Waals surface area contributed by atoms with Crippen LogP contribution in [-0.4, -0.2) is 35.8 Å². The van der Waals surface area contributed by atoms with Gasteiger partial charge in [-0.25, -0.2) is 13.8 Å². The predicted molar refractivity (Wildman–Crippen MR) is 113 cm³/mol. The van der Waals surface area contributed by atoms with Crippen molar-refractivity contribution in [1.29, 1.82) is 0 Å². The number of nitrogens with zero attached hydrogens (tertiary/aromatic N) is 2. The number of esters is 1. The minimum absolute atomic E-state index is 0.0390. The number of imidazole rings is 1. The summed E-state index contributed by atoms with van der Waals surface area (Å²) in [4.78, 5) is 16.8. The van der Waals surface area contributed by atoms with Crippen molar-refractivity contribution in [3.8, 4) is 11.4 Å². The molecule has 1 saturated heterocycles. The molecular weight excluding hydrogens is 418 g/mol. The highest BCUT2D eigenvalue weighted by molar-refractivity contribution is 5.83. The molecule has 0 radical (unpaired) electrons. The molecule has 0 saturated carbocycles. The van der Waals surface area contributed by atoms with Gasteiger partial charge >= 0.3 is 5.97 Å². The number of benzene rings is 2. The maximum absolute atomic E-state index is 15.4. The first-order valence-electron chi connectivity index (χ1n) is 10.3. The van der Waals surface area contributed by atoms with Gasteiger partial charge in [-0.2, -0.15) is 0 Å².